The van der Waals surface area contributed by atoms with Gasteiger partial charge in [0.25, 0.3) is 0 Å². The number of rotatable bonds is 4. The van der Waals surface area contributed by atoms with Crippen molar-refractivity contribution in [3.05, 3.63) is 46.8 Å². The maximum Gasteiger partial charge on any atom is 0.187 e. The van der Waals surface area contributed by atoms with E-state index < -0.39 is 0 Å². The van der Waals surface area contributed by atoms with E-state index in [1.165, 1.54) is 0 Å². The van der Waals surface area contributed by atoms with Gasteiger partial charge in [-0.05, 0) is 31.2 Å². The van der Waals surface area contributed by atoms with Gasteiger partial charge in [-0.15, -0.1) is 10.2 Å². The number of benzene rings is 1. The predicted molar refractivity (Wildman–Crippen MR) is 90.1 cm³/mol. The summed E-state index contributed by atoms with van der Waals surface area (Å²) in [6.45, 7) is 1.88. The number of methoxy groups -OCH3 is 2. The van der Waals surface area contributed by atoms with Crippen LogP contribution in [0.2, 0.25) is 0 Å². The second-order valence-electron chi connectivity index (χ2n) is 4.78. The van der Waals surface area contributed by atoms with Gasteiger partial charge in [0.2, 0.25) is 0 Å². The van der Waals surface area contributed by atoms with Gasteiger partial charge in [-0.3, -0.25) is 9.55 Å². The van der Waals surface area contributed by atoms with Crippen LogP contribution in [-0.2, 0) is 0 Å². The molecular formula is C16H15BrN4O2. The summed E-state index contributed by atoms with van der Waals surface area (Å²) >= 11 is 3.46. The molecule has 0 spiro atoms. The van der Waals surface area contributed by atoms with E-state index in [0.29, 0.717) is 28.8 Å². The van der Waals surface area contributed by atoms with E-state index in [0.717, 1.165) is 10.2 Å². The molecule has 6 nitrogen and oxygen atoms in total. The van der Waals surface area contributed by atoms with Gasteiger partial charge in [-0.2, -0.15) is 0 Å². The maximum absolute atomic E-state index is 5.50. The fourth-order valence-electron chi connectivity index (χ4n) is 2.37. The van der Waals surface area contributed by atoms with Crippen LogP contribution in [0.5, 0.6) is 11.5 Å². The third-order valence-corrected chi connectivity index (χ3v) is 3.89. The van der Waals surface area contributed by atoms with Gasteiger partial charge < -0.3 is 9.47 Å². The molecule has 0 N–H and O–H groups in total. The minimum absolute atomic E-state index is 0.617. The van der Waals surface area contributed by atoms with Crippen LogP contribution in [0.4, 0.5) is 0 Å². The van der Waals surface area contributed by atoms with Crippen molar-refractivity contribution in [3.63, 3.8) is 0 Å². The zero-order valence-corrected chi connectivity index (χ0v) is 14.5. The SMILES string of the molecule is COc1cccc(OC)c1-n1c(C)nnc1-c1cc(Br)ccn1. The van der Waals surface area contributed by atoms with Crippen LogP contribution in [-0.4, -0.2) is 34.0 Å². The monoisotopic (exact) mass is 374 g/mol. The van der Waals surface area contributed by atoms with Crippen LogP contribution in [0.25, 0.3) is 17.2 Å². The van der Waals surface area contributed by atoms with Gasteiger partial charge in [0.05, 0.1) is 14.2 Å². The zero-order valence-electron chi connectivity index (χ0n) is 12.9. The number of halogens is 1. The fourth-order valence-corrected chi connectivity index (χ4v) is 2.71. The number of aryl methyl sites for hydroxylation is 1. The molecule has 0 aliphatic carbocycles. The summed E-state index contributed by atoms with van der Waals surface area (Å²) in [7, 11) is 3.24. The molecule has 0 amide bonds. The van der Waals surface area contributed by atoms with Crippen molar-refractivity contribution in [2.45, 2.75) is 6.92 Å². The van der Waals surface area contributed by atoms with Crippen molar-refractivity contribution >= 4 is 15.9 Å². The van der Waals surface area contributed by atoms with E-state index in [1.54, 1.807) is 20.4 Å². The van der Waals surface area contributed by atoms with Gasteiger partial charge in [-0.25, -0.2) is 0 Å². The molecule has 3 aromatic rings. The van der Waals surface area contributed by atoms with Crippen LogP contribution in [0.3, 0.4) is 0 Å². The number of hydrogen-bond donors (Lipinski definition) is 0. The first-order chi connectivity index (χ1) is 11.2. The predicted octanol–water partition coefficient (Wildman–Crippen LogP) is 3.42. The number of pyridine rings is 1. The molecular weight excluding hydrogens is 360 g/mol. The van der Waals surface area contributed by atoms with E-state index in [1.807, 2.05) is 41.8 Å². The first kappa shape index (κ1) is 15.5. The molecule has 0 fully saturated rings. The molecule has 7 heteroatoms. The van der Waals surface area contributed by atoms with E-state index in [9.17, 15) is 0 Å². The second kappa shape index (κ2) is 6.37. The normalized spacial score (nSPS) is 10.6. The Labute approximate surface area is 142 Å². The van der Waals surface area contributed by atoms with Crippen molar-refractivity contribution in [1.29, 1.82) is 0 Å². The Morgan fingerprint density at radius 1 is 1.04 bits per heavy atom. The van der Waals surface area contributed by atoms with Crippen LogP contribution in [0.1, 0.15) is 5.82 Å². The molecule has 0 aliphatic heterocycles. The highest BCUT2D eigenvalue weighted by Crippen LogP contribution is 2.35. The summed E-state index contributed by atoms with van der Waals surface area (Å²) in [6.07, 6.45) is 1.72. The van der Waals surface area contributed by atoms with Crippen molar-refractivity contribution in [3.8, 4) is 28.7 Å². The summed E-state index contributed by atoms with van der Waals surface area (Å²) < 4.78 is 13.8. The summed E-state index contributed by atoms with van der Waals surface area (Å²) in [6, 6.07) is 9.37. The average Bonchev–Trinajstić information content (AvgIpc) is 2.95. The third kappa shape index (κ3) is 2.79. The Bertz CT molecular complexity index is 826. The minimum atomic E-state index is 0.617. The standard InChI is InChI=1S/C16H15BrN4O2/c1-10-19-20-16(12-9-11(17)7-8-18-12)21(10)15-13(22-2)5-4-6-14(15)23-3/h4-9H,1-3H3. The van der Waals surface area contributed by atoms with Gasteiger partial charge in [0, 0.05) is 10.7 Å². The molecule has 0 bridgehead atoms. The Morgan fingerprint density at radius 2 is 1.74 bits per heavy atom. The Balaban J connectivity index is 2.29. The Hall–Kier alpha value is -2.41. The van der Waals surface area contributed by atoms with Gasteiger partial charge in [0.15, 0.2) is 5.82 Å². The lowest BCUT2D eigenvalue weighted by atomic mass is 10.2. The summed E-state index contributed by atoms with van der Waals surface area (Å²) in [5.74, 6) is 2.67. The van der Waals surface area contributed by atoms with Crippen LogP contribution in [0.15, 0.2) is 41.0 Å². The highest BCUT2D eigenvalue weighted by molar-refractivity contribution is 9.10. The van der Waals surface area contributed by atoms with Crippen LogP contribution in [0, 0.1) is 6.92 Å². The number of ether oxygens (including phenoxy) is 2. The molecule has 0 unspecified atom stereocenters. The molecule has 1 aromatic carbocycles. The van der Waals surface area contributed by atoms with Crippen LogP contribution >= 0.6 is 15.9 Å². The first-order valence-corrected chi connectivity index (χ1v) is 7.70. The molecule has 23 heavy (non-hydrogen) atoms. The van der Waals surface area contributed by atoms with Crippen molar-refractivity contribution < 1.29 is 9.47 Å². The molecule has 118 valence electrons. The average molecular weight is 375 g/mol. The molecule has 0 aliphatic rings. The maximum atomic E-state index is 5.50. The van der Waals surface area contributed by atoms with Crippen molar-refractivity contribution in [2.75, 3.05) is 14.2 Å². The molecule has 2 aromatic heterocycles. The second-order valence-corrected chi connectivity index (χ2v) is 5.69. The number of aromatic nitrogens is 4. The highest BCUT2D eigenvalue weighted by Gasteiger charge is 2.20. The topological polar surface area (TPSA) is 62.1 Å². The van der Waals surface area contributed by atoms with E-state index in [2.05, 4.69) is 31.1 Å². The van der Waals surface area contributed by atoms with Gasteiger partial charge in [-0.1, -0.05) is 22.0 Å². The quantitative estimate of drug-likeness (QED) is 0.699. The Morgan fingerprint density at radius 3 is 2.35 bits per heavy atom. The summed E-state index contributed by atoms with van der Waals surface area (Å²) in [4.78, 5) is 4.39. The molecule has 0 saturated carbocycles. The zero-order chi connectivity index (χ0) is 16.4. The Kier molecular flexibility index (Phi) is 4.29. The molecule has 3 rings (SSSR count). The number of para-hydroxylation sites is 1. The van der Waals surface area contributed by atoms with Crippen LogP contribution < -0.4 is 9.47 Å². The lowest BCUT2D eigenvalue weighted by molar-refractivity contribution is 0.391. The summed E-state index contributed by atoms with van der Waals surface area (Å²) in [5, 5.41) is 8.47. The summed E-state index contributed by atoms with van der Waals surface area (Å²) in [5.41, 5.74) is 1.45. The van der Waals surface area contributed by atoms with Crippen molar-refractivity contribution in [1.82, 2.24) is 19.7 Å². The third-order valence-electron chi connectivity index (χ3n) is 3.40. The first-order valence-electron chi connectivity index (χ1n) is 6.91. The van der Waals surface area contributed by atoms with E-state index in [4.69, 9.17) is 9.47 Å². The number of nitrogens with zero attached hydrogens (tertiary/aromatic N) is 4. The lowest BCUT2D eigenvalue weighted by Crippen LogP contribution is -2.05. The van der Waals surface area contributed by atoms with Gasteiger partial charge in [0.1, 0.15) is 28.7 Å². The van der Waals surface area contributed by atoms with E-state index >= 15 is 0 Å². The smallest absolute Gasteiger partial charge is 0.187 e. The van der Waals surface area contributed by atoms with E-state index in [-0.39, 0.29) is 0 Å². The molecule has 2 heterocycles. The molecule has 0 radical (unpaired) electrons. The fraction of sp³-hybridized carbons (Fsp3) is 0.188. The highest BCUT2D eigenvalue weighted by atomic mass is 79.9. The molecule has 0 atom stereocenters. The largest absolute Gasteiger partial charge is 0.494 e. The number of hydrogen-bond acceptors (Lipinski definition) is 5. The molecule has 0 saturated heterocycles. The lowest BCUT2D eigenvalue weighted by Gasteiger charge is -2.16. The van der Waals surface area contributed by atoms with Gasteiger partial charge >= 0.3 is 0 Å². The minimum Gasteiger partial charge on any atom is -0.494 e. The van der Waals surface area contributed by atoms with Crippen molar-refractivity contribution in [2.24, 2.45) is 0 Å².